The molecule has 0 saturated carbocycles. The Balaban J connectivity index is 1.66. The Morgan fingerprint density at radius 1 is 1.32 bits per heavy atom. The van der Waals surface area contributed by atoms with Gasteiger partial charge in [-0.25, -0.2) is 0 Å². The summed E-state index contributed by atoms with van der Waals surface area (Å²) in [5.41, 5.74) is 0.785. The van der Waals surface area contributed by atoms with E-state index in [1.165, 1.54) is 21.6 Å². The van der Waals surface area contributed by atoms with Crippen molar-refractivity contribution >= 4 is 23.2 Å². The molecule has 148 valence electrons. The summed E-state index contributed by atoms with van der Waals surface area (Å²) in [6, 6.07) is 4.43. The number of hydrogen-bond acceptors (Lipinski definition) is 3. The fourth-order valence-electron chi connectivity index (χ4n) is 2.57. The van der Waals surface area contributed by atoms with Crippen LogP contribution in [0.1, 0.15) is 29.8 Å². The molecule has 1 aromatic carbocycles. The van der Waals surface area contributed by atoms with Gasteiger partial charge in [0, 0.05) is 12.4 Å². The molecule has 1 amide bonds. The van der Waals surface area contributed by atoms with E-state index in [1.807, 2.05) is 0 Å². The fraction of sp³-hybridized carbons (Fsp3) is 0.278. The molecule has 0 aliphatic carbocycles. The summed E-state index contributed by atoms with van der Waals surface area (Å²) in [5, 5.41) is 11.4. The minimum Gasteiger partial charge on any atom is -0.322 e. The van der Waals surface area contributed by atoms with Crippen LogP contribution < -0.4 is 5.32 Å². The lowest BCUT2D eigenvalue weighted by Crippen LogP contribution is -2.23. The third-order valence-corrected chi connectivity index (χ3v) is 4.50. The van der Waals surface area contributed by atoms with Crippen molar-refractivity contribution in [1.82, 2.24) is 19.6 Å². The maximum absolute atomic E-state index is 12.8. The summed E-state index contributed by atoms with van der Waals surface area (Å²) < 4.78 is 41.3. The van der Waals surface area contributed by atoms with Gasteiger partial charge >= 0.3 is 6.18 Å². The van der Waals surface area contributed by atoms with Gasteiger partial charge in [-0.15, -0.1) is 0 Å². The number of rotatable bonds is 5. The standard InChI is InChI=1S/C18H17ClF3N5O/c1-11-16(19)10-27(25-11)12(2)17(28)24-15-7-23-26(9-15)8-13-4-3-5-14(6-13)18(20,21)22/h3-7,9-10,12H,8H2,1-2H3,(H,24,28). The number of hydrogen-bond donors (Lipinski definition) is 1. The summed E-state index contributed by atoms with van der Waals surface area (Å²) in [5.74, 6) is -0.321. The summed E-state index contributed by atoms with van der Waals surface area (Å²) in [4.78, 5) is 12.4. The van der Waals surface area contributed by atoms with Crippen LogP contribution in [-0.4, -0.2) is 25.5 Å². The van der Waals surface area contributed by atoms with Gasteiger partial charge in [0.25, 0.3) is 0 Å². The van der Waals surface area contributed by atoms with Crippen LogP contribution in [0.3, 0.4) is 0 Å². The van der Waals surface area contributed by atoms with Gasteiger partial charge in [0.05, 0.1) is 34.7 Å². The fourth-order valence-corrected chi connectivity index (χ4v) is 2.71. The van der Waals surface area contributed by atoms with E-state index in [4.69, 9.17) is 11.6 Å². The van der Waals surface area contributed by atoms with E-state index in [0.717, 1.165) is 12.1 Å². The van der Waals surface area contributed by atoms with Gasteiger partial charge < -0.3 is 5.32 Å². The topological polar surface area (TPSA) is 64.7 Å². The van der Waals surface area contributed by atoms with Gasteiger partial charge in [0.1, 0.15) is 6.04 Å². The Labute approximate surface area is 163 Å². The number of anilines is 1. The second-order valence-electron chi connectivity index (χ2n) is 6.33. The van der Waals surface area contributed by atoms with Crippen LogP contribution in [0.25, 0.3) is 0 Å². The Kier molecular flexibility index (Phi) is 5.46. The Morgan fingerprint density at radius 2 is 2.07 bits per heavy atom. The zero-order valence-corrected chi connectivity index (χ0v) is 15.8. The zero-order chi connectivity index (χ0) is 20.5. The predicted molar refractivity (Wildman–Crippen MR) is 98.1 cm³/mol. The second-order valence-corrected chi connectivity index (χ2v) is 6.74. The Morgan fingerprint density at radius 3 is 2.71 bits per heavy atom. The average molecular weight is 412 g/mol. The number of nitrogens with one attached hydrogen (secondary N) is 1. The van der Waals surface area contributed by atoms with E-state index in [-0.39, 0.29) is 12.5 Å². The molecule has 2 aromatic heterocycles. The number of aromatic nitrogens is 4. The molecule has 3 rings (SSSR count). The van der Waals surface area contributed by atoms with Gasteiger partial charge in [0.2, 0.25) is 5.91 Å². The number of alkyl halides is 3. The van der Waals surface area contributed by atoms with Crippen molar-refractivity contribution in [1.29, 1.82) is 0 Å². The maximum atomic E-state index is 12.8. The van der Waals surface area contributed by atoms with Crippen LogP contribution in [0, 0.1) is 6.92 Å². The van der Waals surface area contributed by atoms with E-state index >= 15 is 0 Å². The first kappa shape index (κ1) is 19.9. The first-order valence-electron chi connectivity index (χ1n) is 8.34. The third-order valence-electron chi connectivity index (χ3n) is 4.13. The molecule has 1 atom stereocenters. The molecule has 28 heavy (non-hydrogen) atoms. The highest BCUT2D eigenvalue weighted by atomic mass is 35.5. The number of carbonyl (C=O) groups excluding carboxylic acids is 1. The number of halogens is 4. The lowest BCUT2D eigenvalue weighted by Gasteiger charge is -2.11. The molecule has 0 saturated heterocycles. The van der Waals surface area contributed by atoms with Crippen LogP contribution in [0.2, 0.25) is 5.02 Å². The predicted octanol–water partition coefficient (Wildman–Crippen LogP) is 4.31. The molecule has 0 spiro atoms. The molecule has 0 fully saturated rings. The number of benzene rings is 1. The van der Waals surface area contributed by atoms with Gasteiger partial charge in [0.15, 0.2) is 0 Å². The highest BCUT2D eigenvalue weighted by Gasteiger charge is 2.30. The van der Waals surface area contributed by atoms with Crippen molar-refractivity contribution in [2.24, 2.45) is 0 Å². The minimum atomic E-state index is -4.40. The molecule has 6 nitrogen and oxygen atoms in total. The molecular formula is C18H17ClF3N5O. The largest absolute Gasteiger partial charge is 0.416 e. The maximum Gasteiger partial charge on any atom is 0.416 e. The lowest BCUT2D eigenvalue weighted by molar-refractivity contribution is -0.137. The third kappa shape index (κ3) is 4.53. The van der Waals surface area contributed by atoms with Crippen molar-refractivity contribution in [3.63, 3.8) is 0 Å². The van der Waals surface area contributed by atoms with E-state index in [1.54, 1.807) is 32.3 Å². The molecule has 3 aromatic rings. The molecule has 10 heteroatoms. The highest BCUT2D eigenvalue weighted by Crippen LogP contribution is 2.29. The molecule has 1 unspecified atom stereocenters. The van der Waals surface area contributed by atoms with Crippen molar-refractivity contribution in [2.75, 3.05) is 5.32 Å². The highest BCUT2D eigenvalue weighted by molar-refractivity contribution is 6.31. The van der Waals surface area contributed by atoms with Gasteiger partial charge in [-0.3, -0.25) is 14.2 Å². The van der Waals surface area contributed by atoms with E-state index in [9.17, 15) is 18.0 Å². The van der Waals surface area contributed by atoms with Crippen molar-refractivity contribution in [3.8, 4) is 0 Å². The first-order valence-corrected chi connectivity index (χ1v) is 8.72. The van der Waals surface area contributed by atoms with Crippen molar-refractivity contribution in [3.05, 3.63) is 64.7 Å². The molecule has 0 aliphatic rings. The zero-order valence-electron chi connectivity index (χ0n) is 15.0. The normalized spacial score (nSPS) is 12.8. The molecule has 0 radical (unpaired) electrons. The summed E-state index contributed by atoms with van der Waals surface area (Å²) in [7, 11) is 0. The lowest BCUT2D eigenvalue weighted by atomic mass is 10.1. The first-order chi connectivity index (χ1) is 13.1. The van der Waals surface area contributed by atoms with Crippen LogP contribution in [0.5, 0.6) is 0 Å². The Bertz CT molecular complexity index is 976. The van der Waals surface area contributed by atoms with Crippen LogP contribution >= 0.6 is 11.6 Å². The van der Waals surface area contributed by atoms with Crippen molar-refractivity contribution in [2.45, 2.75) is 32.6 Å². The SMILES string of the molecule is Cc1nn(C(C)C(=O)Nc2cnn(Cc3cccc(C(F)(F)F)c3)c2)cc1Cl. The molecule has 0 bridgehead atoms. The number of nitrogens with zero attached hydrogens (tertiary/aromatic N) is 4. The van der Waals surface area contributed by atoms with Crippen LogP contribution in [0.15, 0.2) is 42.9 Å². The molecule has 1 N–H and O–H groups in total. The summed E-state index contributed by atoms with van der Waals surface area (Å²) in [6.45, 7) is 3.55. The van der Waals surface area contributed by atoms with E-state index in [2.05, 4.69) is 15.5 Å². The monoisotopic (exact) mass is 411 g/mol. The summed E-state index contributed by atoms with van der Waals surface area (Å²) in [6.07, 6.45) is 0.146. The smallest absolute Gasteiger partial charge is 0.322 e. The Hall–Kier alpha value is -2.81. The molecule has 2 heterocycles. The second kappa shape index (κ2) is 7.67. The molecular weight excluding hydrogens is 395 g/mol. The number of amides is 1. The van der Waals surface area contributed by atoms with E-state index < -0.39 is 17.8 Å². The van der Waals surface area contributed by atoms with Gasteiger partial charge in [-0.1, -0.05) is 23.7 Å². The number of carbonyl (C=O) groups is 1. The quantitative estimate of drug-likeness (QED) is 0.680. The minimum absolute atomic E-state index is 0.142. The summed E-state index contributed by atoms with van der Waals surface area (Å²) >= 11 is 5.96. The van der Waals surface area contributed by atoms with E-state index in [0.29, 0.717) is 22.0 Å². The van der Waals surface area contributed by atoms with Gasteiger partial charge in [-0.05, 0) is 31.5 Å². The number of aryl methyl sites for hydroxylation is 1. The van der Waals surface area contributed by atoms with Crippen molar-refractivity contribution < 1.29 is 18.0 Å². The average Bonchev–Trinajstić information content (AvgIpc) is 3.20. The molecule has 0 aliphatic heterocycles. The van der Waals surface area contributed by atoms with Crippen LogP contribution in [0.4, 0.5) is 18.9 Å². The van der Waals surface area contributed by atoms with Gasteiger partial charge in [-0.2, -0.15) is 23.4 Å². The van der Waals surface area contributed by atoms with Crippen LogP contribution in [-0.2, 0) is 17.5 Å².